The summed E-state index contributed by atoms with van der Waals surface area (Å²) in [7, 11) is 0. The summed E-state index contributed by atoms with van der Waals surface area (Å²) in [6.07, 6.45) is 0. The molecule has 1 N–H and O–H groups in total. The number of rotatable bonds is 4. The topological polar surface area (TPSA) is 55.4 Å². The molecular weight excluding hydrogens is 337 g/mol. The number of halogens is 2. The van der Waals surface area contributed by atoms with Crippen molar-refractivity contribution in [2.75, 3.05) is 5.32 Å². The third-order valence-corrected chi connectivity index (χ3v) is 3.40. The third kappa shape index (κ3) is 4.98. The number of esters is 1. The zero-order chi connectivity index (χ0) is 17.0. The van der Waals surface area contributed by atoms with E-state index in [1.54, 1.807) is 44.2 Å². The monoisotopic (exact) mass is 351 g/mol. The Bertz CT molecular complexity index is 707. The molecule has 0 aliphatic carbocycles. The van der Waals surface area contributed by atoms with Crippen molar-refractivity contribution in [3.8, 4) is 5.75 Å². The van der Waals surface area contributed by atoms with Crippen molar-refractivity contribution in [1.82, 2.24) is 0 Å². The number of nitrogens with one attached hydrogen (secondary N) is 1. The van der Waals surface area contributed by atoms with Gasteiger partial charge in [0.25, 0.3) is 0 Å². The molecule has 0 unspecified atom stereocenters. The number of hydrogen-bond acceptors (Lipinski definition) is 3. The van der Waals surface area contributed by atoms with Gasteiger partial charge in [0.05, 0.1) is 5.56 Å². The maximum absolute atomic E-state index is 12.1. The molecule has 0 aliphatic heterocycles. The summed E-state index contributed by atoms with van der Waals surface area (Å²) < 4.78 is 5.23. The van der Waals surface area contributed by atoms with E-state index in [0.717, 1.165) is 0 Å². The lowest BCUT2D eigenvalue weighted by atomic mass is 10.1. The molecule has 0 atom stereocenters. The fraction of sp³-hybridized carbons (Fsp3) is 0.176. The molecule has 0 aliphatic rings. The number of anilines is 1. The van der Waals surface area contributed by atoms with Crippen LogP contribution in [0.3, 0.4) is 0 Å². The first-order valence-corrected chi connectivity index (χ1v) is 7.70. The predicted molar refractivity (Wildman–Crippen MR) is 91.3 cm³/mol. The average Bonchev–Trinajstić information content (AvgIpc) is 2.46. The van der Waals surface area contributed by atoms with Gasteiger partial charge in [-0.25, -0.2) is 4.79 Å². The van der Waals surface area contributed by atoms with Gasteiger partial charge in [-0.1, -0.05) is 37.0 Å². The minimum atomic E-state index is -0.537. The molecule has 4 nitrogen and oxygen atoms in total. The summed E-state index contributed by atoms with van der Waals surface area (Å²) in [6.45, 7) is 3.61. The zero-order valence-electron chi connectivity index (χ0n) is 12.6. The van der Waals surface area contributed by atoms with Crippen LogP contribution in [0.4, 0.5) is 5.69 Å². The van der Waals surface area contributed by atoms with E-state index in [2.05, 4.69) is 5.32 Å². The van der Waals surface area contributed by atoms with Crippen molar-refractivity contribution >= 4 is 40.8 Å². The Labute approximate surface area is 144 Å². The average molecular weight is 352 g/mol. The van der Waals surface area contributed by atoms with Crippen molar-refractivity contribution in [1.29, 1.82) is 0 Å². The molecule has 2 aromatic rings. The Kier molecular flexibility index (Phi) is 5.64. The van der Waals surface area contributed by atoms with Crippen LogP contribution in [0.2, 0.25) is 10.0 Å². The number of benzene rings is 2. The summed E-state index contributed by atoms with van der Waals surface area (Å²) in [4.78, 5) is 23.7. The molecular formula is C17H15Cl2NO3. The fourth-order valence-electron chi connectivity index (χ4n) is 1.73. The van der Waals surface area contributed by atoms with E-state index in [9.17, 15) is 9.59 Å². The van der Waals surface area contributed by atoms with E-state index in [0.29, 0.717) is 21.3 Å². The molecule has 0 saturated heterocycles. The van der Waals surface area contributed by atoms with Gasteiger partial charge < -0.3 is 10.1 Å². The lowest BCUT2D eigenvalue weighted by Gasteiger charge is -2.09. The fourth-order valence-corrected chi connectivity index (χ4v) is 2.24. The molecule has 2 aromatic carbocycles. The van der Waals surface area contributed by atoms with Gasteiger partial charge in [0.1, 0.15) is 5.75 Å². The highest BCUT2D eigenvalue weighted by atomic mass is 35.5. The van der Waals surface area contributed by atoms with Crippen molar-refractivity contribution in [3.05, 3.63) is 58.1 Å². The SMILES string of the molecule is CC(C)C(=O)Nc1ccc(C(=O)Oc2cc(Cl)cc(Cl)c2)cc1. The van der Waals surface area contributed by atoms with Gasteiger partial charge in [0, 0.05) is 21.7 Å². The summed E-state index contributed by atoms with van der Waals surface area (Å²) in [5, 5.41) is 3.51. The van der Waals surface area contributed by atoms with E-state index < -0.39 is 5.97 Å². The van der Waals surface area contributed by atoms with Crippen LogP contribution in [-0.2, 0) is 4.79 Å². The number of hydrogen-bond donors (Lipinski definition) is 1. The number of carbonyl (C=O) groups is 2. The summed E-state index contributed by atoms with van der Waals surface area (Å²) in [5.74, 6) is -0.476. The maximum Gasteiger partial charge on any atom is 0.343 e. The van der Waals surface area contributed by atoms with Gasteiger partial charge in [-0.15, -0.1) is 0 Å². The first-order chi connectivity index (χ1) is 10.8. The van der Waals surface area contributed by atoms with Crippen molar-refractivity contribution in [3.63, 3.8) is 0 Å². The number of ether oxygens (including phenoxy) is 1. The Morgan fingerprint density at radius 2 is 1.57 bits per heavy atom. The third-order valence-electron chi connectivity index (χ3n) is 2.96. The predicted octanol–water partition coefficient (Wildman–Crippen LogP) is 4.81. The smallest absolute Gasteiger partial charge is 0.343 e. The summed E-state index contributed by atoms with van der Waals surface area (Å²) in [5.41, 5.74) is 0.967. The lowest BCUT2D eigenvalue weighted by molar-refractivity contribution is -0.118. The second-order valence-corrected chi connectivity index (χ2v) is 6.09. The van der Waals surface area contributed by atoms with Crippen LogP contribution in [0.1, 0.15) is 24.2 Å². The first kappa shape index (κ1) is 17.3. The van der Waals surface area contributed by atoms with E-state index in [4.69, 9.17) is 27.9 Å². The Morgan fingerprint density at radius 1 is 1.00 bits per heavy atom. The van der Waals surface area contributed by atoms with Crippen LogP contribution in [0, 0.1) is 5.92 Å². The molecule has 0 aromatic heterocycles. The minimum absolute atomic E-state index is 0.0890. The largest absolute Gasteiger partial charge is 0.423 e. The van der Waals surface area contributed by atoms with Crippen LogP contribution >= 0.6 is 23.2 Å². The number of carbonyl (C=O) groups excluding carboxylic acids is 2. The first-order valence-electron chi connectivity index (χ1n) is 6.94. The molecule has 0 saturated carbocycles. The second kappa shape index (κ2) is 7.49. The molecule has 0 bridgehead atoms. The van der Waals surface area contributed by atoms with Gasteiger partial charge in [-0.05, 0) is 42.5 Å². The van der Waals surface area contributed by atoms with Gasteiger partial charge >= 0.3 is 5.97 Å². The molecule has 1 amide bonds. The maximum atomic E-state index is 12.1. The Morgan fingerprint density at radius 3 is 2.09 bits per heavy atom. The highest BCUT2D eigenvalue weighted by Crippen LogP contribution is 2.25. The molecule has 120 valence electrons. The van der Waals surface area contributed by atoms with E-state index in [-0.39, 0.29) is 17.6 Å². The van der Waals surface area contributed by atoms with Gasteiger partial charge in [-0.3, -0.25) is 4.79 Å². The molecule has 2 rings (SSSR count). The van der Waals surface area contributed by atoms with E-state index in [1.165, 1.54) is 12.1 Å². The normalized spacial score (nSPS) is 10.5. The van der Waals surface area contributed by atoms with Crippen LogP contribution in [0.15, 0.2) is 42.5 Å². The Hall–Kier alpha value is -2.04. The van der Waals surface area contributed by atoms with Crippen LogP contribution in [0.5, 0.6) is 5.75 Å². The van der Waals surface area contributed by atoms with Crippen molar-refractivity contribution in [2.45, 2.75) is 13.8 Å². The highest BCUT2D eigenvalue weighted by molar-refractivity contribution is 6.34. The summed E-state index contributed by atoms with van der Waals surface area (Å²) in [6, 6.07) is 11.0. The van der Waals surface area contributed by atoms with Gasteiger partial charge in [-0.2, -0.15) is 0 Å². The molecule has 0 spiro atoms. The van der Waals surface area contributed by atoms with Crippen LogP contribution in [0.25, 0.3) is 0 Å². The van der Waals surface area contributed by atoms with E-state index in [1.807, 2.05) is 0 Å². The van der Waals surface area contributed by atoms with E-state index >= 15 is 0 Å². The second-order valence-electron chi connectivity index (χ2n) is 5.22. The lowest BCUT2D eigenvalue weighted by Crippen LogP contribution is -2.17. The quantitative estimate of drug-likeness (QED) is 0.635. The van der Waals surface area contributed by atoms with Crippen LogP contribution in [-0.4, -0.2) is 11.9 Å². The molecule has 6 heteroatoms. The number of amides is 1. The van der Waals surface area contributed by atoms with Gasteiger partial charge in [0.2, 0.25) is 5.91 Å². The van der Waals surface area contributed by atoms with Gasteiger partial charge in [0.15, 0.2) is 0 Å². The standard InChI is InChI=1S/C17H15Cl2NO3/c1-10(2)16(21)20-14-5-3-11(4-6-14)17(22)23-15-8-12(18)7-13(19)9-15/h3-10H,1-2H3,(H,20,21). The van der Waals surface area contributed by atoms with Crippen molar-refractivity contribution < 1.29 is 14.3 Å². The highest BCUT2D eigenvalue weighted by Gasteiger charge is 2.11. The zero-order valence-corrected chi connectivity index (χ0v) is 14.1. The molecule has 0 radical (unpaired) electrons. The summed E-state index contributed by atoms with van der Waals surface area (Å²) >= 11 is 11.7. The molecule has 0 heterocycles. The molecule has 0 fully saturated rings. The van der Waals surface area contributed by atoms with Crippen LogP contribution < -0.4 is 10.1 Å². The Balaban J connectivity index is 2.06. The van der Waals surface area contributed by atoms with Crippen molar-refractivity contribution in [2.24, 2.45) is 5.92 Å². The molecule has 23 heavy (non-hydrogen) atoms. The minimum Gasteiger partial charge on any atom is -0.423 e.